The van der Waals surface area contributed by atoms with Crippen LogP contribution in [-0.4, -0.2) is 40.7 Å². The number of phenols is 1. The lowest BCUT2D eigenvalue weighted by Crippen LogP contribution is -2.30. The van der Waals surface area contributed by atoms with Crippen LogP contribution in [0.2, 0.25) is 5.02 Å². The number of aromatic hydroxyl groups is 1. The number of hydrogen-bond donors (Lipinski definition) is 4. The van der Waals surface area contributed by atoms with Gasteiger partial charge in [0.05, 0.1) is 11.1 Å². The van der Waals surface area contributed by atoms with Crippen molar-refractivity contribution in [3.63, 3.8) is 0 Å². The van der Waals surface area contributed by atoms with Gasteiger partial charge in [0.2, 0.25) is 0 Å². The van der Waals surface area contributed by atoms with Crippen LogP contribution in [-0.2, 0) is 4.74 Å². The fourth-order valence-corrected chi connectivity index (χ4v) is 4.18. The topological polar surface area (TPSA) is 99.0 Å². The SMILES string of the molecule is O=C(NCCC(O)C(O)c1ccc(Cl)c(O)c1)OCC1c2ccccc2-c2ccccc21. The number of halogens is 1. The van der Waals surface area contributed by atoms with E-state index in [9.17, 15) is 20.1 Å². The Labute approximate surface area is 191 Å². The first-order chi connectivity index (χ1) is 15.5. The van der Waals surface area contributed by atoms with Gasteiger partial charge in [-0.15, -0.1) is 0 Å². The normalized spacial score (nSPS) is 14.3. The standard InChI is InChI=1S/C25H24ClNO5/c26-21-10-9-15(13-23(21)29)24(30)22(28)11-12-27-25(31)32-14-20-18-7-3-1-5-16(18)17-6-2-4-8-19(17)20/h1-10,13,20,22,24,28-30H,11-12,14H2,(H,27,31). The van der Waals surface area contributed by atoms with Crippen molar-refractivity contribution in [2.24, 2.45) is 0 Å². The number of carbonyl (C=O) groups is 1. The van der Waals surface area contributed by atoms with Crippen LogP contribution in [0.1, 0.15) is 35.1 Å². The molecule has 0 aliphatic heterocycles. The molecule has 4 N–H and O–H groups in total. The third kappa shape index (κ3) is 4.58. The Kier molecular flexibility index (Phi) is 6.65. The number of amides is 1. The Hall–Kier alpha value is -3.06. The van der Waals surface area contributed by atoms with E-state index in [0.717, 1.165) is 22.3 Å². The second-order valence-corrected chi connectivity index (χ2v) is 8.17. The molecule has 4 rings (SSSR count). The average molecular weight is 454 g/mol. The van der Waals surface area contributed by atoms with Gasteiger partial charge in [0.1, 0.15) is 18.5 Å². The molecule has 7 heteroatoms. The summed E-state index contributed by atoms with van der Waals surface area (Å²) in [5, 5.41) is 32.9. The summed E-state index contributed by atoms with van der Waals surface area (Å²) >= 11 is 5.76. The Morgan fingerprint density at radius 1 is 1.00 bits per heavy atom. The van der Waals surface area contributed by atoms with Crippen molar-refractivity contribution >= 4 is 17.7 Å². The molecule has 0 aromatic heterocycles. The Bertz CT molecular complexity index is 1070. The predicted molar refractivity (Wildman–Crippen MR) is 122 cm³/mol. The van der Waals surface area contributed by atoms with Crippen LogP contribution in [0.3, 0.4) is 0 Å². The lowest BCUT2D eigenvalue weighted by molar-refractivity contribution is 0.0136. The zero-order chi connectivity index (χ0) is 22.7. The first-order valence-electron chi connectivity index (χ1n) is 10.4. The summed E-state index contributed by atoms with van der Waals surface area (Å²) < 4.78 is 5.45. The summed E-state index contributed by atoms with van der Waals surface area (Å²) in [5.74, 6) is -0.203. The van der Waals surface area contributed by atoms with Crippen LogP contribution >= 0.6 is 11.6 Å². The van der Waals surface area contributed by atoms with E-state index in [0.29, 0.717) is 5.56 Å². The van der Waals surface area contributed by atoms with E-state index in [2.05, 4.69) is 17.4 Å². The lowest BCUT2D eigenvalue weighted by atomic mass is 9.98. The van der Waals surface area contributed by atoms with Crippen LogP contribution < -0.4 is 5.32 Å². The maximum atomic E-state index is 12.2. The summed E-state index contributed by atoms with van der Waals surface area (Å²) in [4.78, 5) is 12.2. The molecule has 6 nitrogen and oxygen atoms in total. The average Bonchev–Trinajstić information content (AvgIpc) is 3.12. The van der Waals surface area contributed by atoms with E-state index in [-0.39, 0.29) is 36.3 Å². The van der Waals surface area contributed by atoms with E-state index in [1.54, 1.807) is 0 Å². The number of fused-ring (bicyclic) bond motifs is 3. The molecule has 166 valence electrons. The number of aliphatic hydroxyl groups excluding tert-OH is 2. The van der Waals surface area contributed by atoms with E-state index in [1.165, 1.54) is 18.2 Å². The minimum absolute atomic E-state index is 0.0295. The number of alkyl carbamates (subject to hydrolysis) is 1. The van der Waals surface area contributed by atoms with Crippen LogP contribution in [0, 0.1) is 0 Å². The van der Waals surface area contributed by atoms with Crippen molar-refractivity contribution in [2.75, 3.05) is 13.2 Å². The molecular formula is C25H24ClNO5. The van der Waals surface area contributed by atoms with Gasteiger partial charge in [0.25, 0.3) is 0 Å². The molecule has 0 heterocycles. The van der Waals surface area contributed by atoms with Crippen molar-refractivity contribution < 1.29 is 24.9 Å². The molecule has 2 atom stereocenters. The minimum atomic E-state index is -1.22. The van der Waals surface area contributed by atoms with Crippen LogP contribution in [0.4, 0.5) is 4.79 Å². The molecule has 0 fully saturated rings. The van der Waals surface area contributed by atoms with Crippen LogP contribution in [0.5, 0.6) is 5.75 Å². The summed E-state index contributed by atoms with van der Waals surface area (Å²) in [6, 6.07) is 20.5. The van der Waals surface area contributed by atoms with Crippen LogP contribution in [0.15, 0.2) is 66.7 Å². The van der Waals surface area contributed by atoms with E-state index in [4.69, 9.17) is 16.3 Å². The third-order valence-electron chi connectivity index (χ3n) is 5.73. The molecule has 1 aliphatic carbocycles. The Balaban J connectivity index is 1.28. The molecule has 0 radical (unpaired) electrons. The molecule has 1 amide bonds. The number of ether oxygens (including phenoxy) is 1. The second kappa shape index (κ2) is 9.61. The van der Waals surface area contributed by atoms with Crippen molar-refractivity contribution in [2.45, 2.75) is 24.5 Å². The number of aliphatic hydroxyl groups is 2. The Morgan fingerprint density at radius 2 is 1.62 bits per heavy atom. The number of hydrogen-bond acceptors (Lipinski definition) is 5. The summed E-state index contributed by atoms with van der Waals surface area (Å²) in [5.41, 5.74) is 4.91. The van der Waals surface area contributed by atoms with Gasteiger partial charge in [-0.1, -0.05) is 66.2 Å². The Morgan fingerprint density at radius 3 is 2.25 bits per heavy atom. The monoisotopic (exact) mass is 453 g/mol. The first-order valence-corrected chi connectivity index (χ1v) is 10.8. The fraction of sp³-hybridized carbons (Fsp3) is 0.240. The minimum Gasteiger partial charge on any atom is -0.506 e. The predicted octanol–water partition coefficient (Wildman–Crippen LogP) is 4.37. The molecule has 2 unspecified atom stereocenters. The largest absolute Gasteiger partial charge is 0.506 e. The van der Waals surface area contributed by atoms with E-state index in [1.807, 2.05) is 36.4 Å². The van der Waals surface area contributed by atoms with Crippen LogP contribution in [0.25, 0.3) is 11.1 Å². The smallest absolute Gasteiger partial charge is 0.407 e. The van der Waals surface area contributed by atoms with Crippen molar-refractivity contribution in [3.05, 3.63) is 88.4 Å². The van der Waals surface area contributed by atoms with Gasteiger partial charge < -0.3 is 25.4 Å². The number of benzene rings is 3. The highest BCUT2D eigenvalue weighted by Crippen LogP contribution is 2.44. The zero-order valence-electron chi connectivity index (χ0n) is 17.2. The molecule has 0 saturated carbocycles. The van der Waals surface area contributed by atoms with Gasteiger partial charge in [0, 0.05) is 12.5 Å². The molecule has 3 aromatic rings. The number of phenolic OH excluding ortho intramolecular Hbond substituents is 1. The first kappa shape index (κ1) is 22.1. The highest BCUT2D eigenvalue weighted by Gasteiger charge is 2.29. The summed E-state index contributed by atoms with van der Waals surface area (Å²) in [7, 11) is 0. The quantitative estimate of drug-likeness (QED) is 0.426. The molecule has 32 heavy (non-hydrogen) atoms. The van der Waals surface area contributed by atoms with Crippen molar-refractivity contribution in [1.82, 2.24) is 5.32 Å². The molecular weight excluding hydrogens is 430 g/mol. The van der Waals surface area contributed by atoms with E-state index < -0.39 is 18.3 Å². The maximum Gasteiger partial charge on any atom is 0.407 e. The van der Waals surface area contributed by atoms with Gasteiger partial charge in [-0.25, -0.2) is 4.79 Å². The van der Waals surface area contributed by atoms with Gasteiger partial charge in [-0.3, -0.25) is 0 Å². The van der Waals surface area contributed by atoms with Gasteiger partial charge >= 0.3 is 6.09 Å². The highest BCUT2D eigenvalue weighted by atomic mass is 35.5. The maximum absolute atomic E-state index is 12.2. The lowest BCUT2D eigenvalue weighted by Gasteiger charge is -2.19. The fourth-order valence-electron chi connectivity index (χ4n) is 4.07. The highest BCUT2D eigenvalue weighted by molar-refractivity contribution is 6.32. The molecule has 1 aliphatic rings. The zero-order valence-corrected chi connectivity index (χ0v) is 18.0. The summed E-state index contributed by atoms with van der Waals surface area (Å²) in [6.07, 6.45) is -2.83. The van der Waals surface area contributed by atoms with Gasteiger partial charge in [-0.05, 0) is 46.4 Å². The molecule has 0 spiro atoms. The van der Waals surface area contributed by atoms with Crippen molar-refractivity contribution in [1.29, 1.82) is 0 Å². The molecule has 0 saturated heterocycles. The number of nitrogens with one attached hydrogen (secondary N) is 1. The van der Waals surface area contributed by atoms with Gasteiger partial charge in [-0.2, -0.15) is 0 Å². The number of rotatable bonds is 7. The summed E-state index contributed by atoms with van der Waals surface area (Å²) in [6.45, 7) is 0.323. The number of carbonyl (C=O) groups excluding carboxylic acids is 1. The molecule has 0 bridgehead atoms. The van der Waals surface area contributed by atoms with Gasteiger partial charge in [0.15, 0.2) is 0 Å². The second-order valence-electron chi connectivity index (χ2n) is 7.76. The molecule has 3 aromatic carbocycles. The third-order valence-corrected chi connectivity index (χ3v) is 6.05. The van der Waals surface area contributed by atoms with Crippen molar-refractivity contribution in [3.8, 4) is 16.9 Å². The van der Waals surface area contributed by atoms with E-state index >= 15 is 0 Å².